The van der Waals surface area contributed by atoms with Crippen LogP contribution in [-0.2, 0) is 9.84 Å². The van der Waals surface area contributed by atoms with Crippen molar-refractivity contribution in [2.45, 2.75) is 48.3 Å². The van der Waals surface area contributed by atoms with Gasteiger partial charge in [-0.25, -0.2) is 8.42 Å². The van der Waals surface area contributed by atoms with Crippen molar-refractivity contribution in [1.82, 2.24) is 0 Å². The SMILES string of the molecule is O=S1(=O)CCC(Nc2ccc(SC3CCCC3)cc2)C1. The molecule has 0 amide bonds. The van der Waals surface area contributed by atoms with Gasteiger partial charge in [0.1, 0.15) is 0 Å². The number of thioether (sulfide) groups is 1. The number of sulfone groups is 1. The Balaban J connectivity index is 1.56. The van der Waals surface area contributed by atoms with Gasteiger partial charge in [0.15, 0.2) is 9.84 Å². The monoisotopic (exact) mass is 311 g/mol. The van der Waals surface area contributed by atoms with Crippen molar-refractivity contribution in [1.29, 1.82) is 0 Å². The molecular formula is C15H21NO2S2. The molecule has 5 heteroatoms. The highest BCUT2D eigenvalue weighted by molar-refractivity contribution is 8.00. The molecule has 1 saturated heterocycles. The third-order valence-corrected chi connectivity index (χ3v) is 7.18. The maximum atomic E-state index is 11.4. The lowest BCUT2D eigenvalue weighted by Crippen LogP contribution is -2.20. The summed E-state index contributed by atoms with van der Waals surface area (Å²) in [7, 11) is -2.81. The molecule has 1 aromatic carbocycles. The standard InChI is InChI=1S/C15H21NO2S2/c17-20(18)10-9-13(11-20)16-12-5-7-15(8-6-12)19-14-3-1-2-4-14/h5-8,13-14,16H,1-4,9-11H2. The fourth-order valence-corrected chi connectivity index (χ4v) is 5.89. The van der Waals surface area contributed by atoms with Gasteiger partial charge in [0, 0.05) is 21.9 Å². The zero-order chi connectivity index (χ0) is 14.0. The van der Waals surface area contributed by atoms with Gasteiger partial charge in [-0.1, -0.05) is 12.8 Å². The number of hydrogen-bond acceptors (Lipinski definition) is 4. The molecule has 1 aliphatic heterocycles. The minimum Gasteiger partial charge on any atom is -0.381 e. The molecule has 1 aromatic rings. The van der Waals surface area contributed by atoms with Gasteiger partial charge < -0.3 is 5.32 Å². The number of nitrogens with one attached hydrogen (secondary N) is 1. The van der Waals surface area contributed by atoms with Crippen LogP contribution < -0.4 is 5.32 Å². The Labute approximate surface area is 125 Å². The normalized spacial score (nSPS) is 25.9. The summed E-state index contributed by atoms with van der Waals surface area (Å²) in [5.74, 6) is 0.589. The van der Waals surface area contributed by atoms with Gasteiger partial charge in [0.2, 0.25) is 0 Å². The summed E-state index contributed by atoms with van der Waals surface area (Å²) in [4.78, 5) is 1.32. The van der Waals surface area contributed by atoms with Crippen LogP contribution in [0.5, 0.6) is 0 Å². The highest BCUT2D eigenvalue weighted by Crippen LogP contribution is 2.35. The van der Waals surface area contributed by atoms with E-state index in [2.05, 4.69) is 29.6 Å². The van der Waals surface area contributed by atoms with E-state index in [0.29, 0.717) is 5.75 Å². The average Bonchev–Trinajstić information content (AvgIpc) is 3.02. The molecule has 0 bridgehead atoms. The Kier molecular flexibility index (Phi) is 4.26. The molecule has 20 heavy (non-hydrogen) atoms. The molecule has 3 rings (SSSR count). The fraction of sp³-hybridized carbons (Fsp3) is 0.600. The second kappa shape index (κ2) is 5.98. The molecule has 0 radical (unpaired) electrons. The van der Waals surface area contributed by atoms with Gasteiger partial charge >= 0.3 is 0 Å². The Morgan fingerprint density at radius 2 is 1.75 bits per heavy atom. The number of benzene rings is 1. The molecule has 0 spiro atoms. The maximum Gasteiger partial charge on any atom is 0.152 e. The second-order valence-electron chi connectivity index (χ2n) is 5.79. The van der Waals surface area contributed by atoms with Gasteiger partial charge in [0.25, 0.3) is 0 Å². The molecule has 1 aliphatic carbocycles. The molecule has 1 unspecified atom stereocenters. The molecule has 2 aliphatic rings. The number of hydrogen-bond donors (Lipinski definition) is 1. The first-order valence-corrected chi connectivity index (χ1v) is 10.0. The highest BCUT2D eigenvalue weighted by atomic mass is 32.2. The molecule has 2 fully saturated rings. The quantitative estimate of drug-likeness (QED) is 0.926. The van der Waals surface area contributed by atoms with Crippen LogP contribution in [0.3, 0.4) is 0 Å². The van der Waals surface area contributed by atoms with E-state index in [0.717, 1.165) is 17.4 Å². The lowest BCUT2D eigenvalue weighted by molar-refractivity contribution is 0.602. The number of rotatable bonds is 4. The molecule has 0 aromatic heterocycles. The lowest BCUT2D eigenvalue weighted by Gasteiger charge is -2.13. The zero-order valence-electron chi connectivity index (χ0n) is 11.5. The van der Waals surface area contributed by atoms with Crippen molar-refractivity contribution in [3.8, 4) is 0 Å². The molecule has 1 atom stereocenters. The van der Waals surface area contributed by atoms with E-state index in [9.17, 15) is 8.42 Å². The van der Waals surface area contributed by atoms with Crippen LogP contribution in [-0.4, -0.2) is 31.2 Å². The van der Waals surface area contributed by atoms with Gasteiger partial charge in [0.05, 0.1) is 11.5 Å². The first-order valence-electron chi connectivity index (χ1n) is 7.34. The molecule has 1 heterocycles. The van der Waals surface area contributed by atoms with Crippen molar-refractivity contribution in [2.24, 2.45) is 0 Å². The molecule has 3 nitrogen and oxygen atoms in total. The van der Waals surface area contributed by atoms with Crippen molar-refractivity contribution >= 4 is 27.3 Å². The summed E-state index contributed by atoms with van der Waals surface area (Å²) >= 11 is 1.98. The first kappa shape index (κ1) is 14.3. The highest BCUT2D eigenvalue weighted by Gasteiger charge is 2.27. The van der Waals surface area contributed by atoms with Crippen LogP contribution in [0.2, 0.25) is 0 Å². The van der Waals surface area contributed by atoms with Crippen molar-refractivity contribution < 1.29 is 8.42 Å². The molecule has 1 N–H and O–H groups in total. The van der Waals surface area contributed by atoms with Crippen LogP contribution in [0, 0.1) is 0 Å². The van der Waals surface area contributed by atoms with E-state index < -0.39 is 9.84 Å². The fourth-order valence-electron chi connectivity index (χ4n) is 2.97. The smallest absolute Gasteiger partial charge is 0.152 e. The van der Waals surface area contributed by atoms with Crippen LogP contribution in [0.1, 0.15) is 32.1 Å². The summed E-state index contributed by atoms with van der Waals surface area (Å²) in [6, 6.07) is 8.52. The molecule has 110 valence electrons. The van der Waals surface area contributed by atoms with E-state index in [-0.39, 0.29) is 11.8 Å². The van der Waals surface area contributed by atoms with Crippen molar-refractivity contribution in [3.05, 3.63) is 24.3 Å². The molecular weight excluding hydrogens is 290 g/mol. The summed E-state index contributed by atoms with van der Waals surface area (Å²) in [6.07, 6.45) is 6.14. The summed E-state index contributed by atoms with van der Waals surface area (Å²) in [6.45, 7) is 0. The Morgan fingerprint density at radius 3 is 2.35 bits per heavy atom. The second-order valence-corrected chi connectivity index (χ2v) is 9.40. The lowest BCUT2D eigenvalue weighted by atomic mass is 10.2. The Hall–Kier alpha value is -0.680. The van der Waals surface area contributed by atoms with E-state index in [1.807, 2.05) is 11.8 Å². The van der Waals surface area contributed by atoms with E-state index in [4.69, 9.17) is 0 Å². The van der Waals surface area contributed by atoms with Gasteiger partial charge in [-0.2, -0.15) is 0 Å². The minimum absolute atomic E-state index is 0.0772. The van der Waals surface area contributed by atoms with Crippen LogP contribution in [0.25, 0.3) is 0 Å². The van der Waals surface area contributed by atoms with Crippen molar-refractivity contribution in [2.75, 3.05) is 16.8 Å². The van der Waals surface area contributed by atoms with Crippen LogP contribution in [0.4, 0.5) is 5.69 Å². The largest absolute Gasteiger partial charge is 0.381 e. The van der Waals surface area contributed by atoms with Crippen LogP contribution >= 0.6 is 11.8 Å². The average molecular weight is 311 g/mol. The first-order chi connectivity index (χ1) is 9.61. The topological polar surface area (TPSA) is 46.2 Å². The predicted molar refractivity (Wildman–Crippen MR) is 85.2 cm³/mol. The minimum atomic E-state index is -2.81. The predicted octanol–water partition coefficient (Wildman–Crippen LogP) is 3.32. The Morgan fingerprint density at radius 1 is 1.05 bits per heavy atom. The van der Waals surface area contributed by atoms with E-state index in [1.165, 1.54) is 30.6 Å². The maximum absolute atomic E-state index is 11.4. The van der Waals surface area contributed by atoms with E-state index >= 15 is 0 Å². The summed E-state index contributed by atoms with van der Waals surface area (Å²) < 4.78 is 22.9. The van der Waals surface area contributed by atoms with Gasteiger partial charge in [-0.3, -0.25) is 0 Å². The number of anilines is 1. The van der Waals surface area contributed by atoms with E-state index in [1.54, 1.807) is 0 Å². The third-order valence-electron chi connectivity index (χ3n) is 4.06. The van der Waals surface area contributed by atoms with Gasteiger partial charge in [-0.05, 0) is 43.5 Å². The zero-order valence-corrected chi connectivity index (χ0v) is 13.2. The Bertz CT molecular complexity index is 548. The summed E-state index contributed by atoms with van der Waals surface area (Å²) in [5, 5.41) is 4.11. The summed E-state index contributed by atoms with van der Waals surface area (Å²) in [5.41, 5.74) is 1.03. The molecule has 1 saturated carbocycles. The van der Waals surface area contributed by atoms with Crippen molar-refractivity contribution in [3.63, 3.8) is 0 Å². The van der Waals surface area contributed by atoms with Gasteiger partial charge in [-0.15, -0.1) is 11.8 Å². The third kappa shape index (κ3) is 3.70. The van der Waals surface area contributed by atoms with Crippen LogP contribution in [0.15, 0.2) is 29.2 Å².